The fourth-order valence-corrected chi connectivity index (χ4v) is 8.67. The maximum Gasteiger partial charge on any atom is 0.0500 e. The van der Waals surface area contributed by atoms with Crippen LogP contribution in [0.5, 0.6) is 0 Å². The van der Waals surface area contributed by atoms with Gasteiger partial charge in [0.15, 0.2) is 0 Å². The normalized spacial score (nSPS) is 23.4. The van der Waals surface area contributed by atoms with Crippen LogP contribution in [0.25, 0.3) is 16.7 Å². The summed E-state index contributed by atoms with van der Waals surface area (Å²) in [6, 6.07) is 39.7. The van der Waals surface area contributed by atoms with Crippen LogP contribution in [0.3, 0.4) is 0 Å². The van der Waals surface area contributed by atoms with Gasteiger partial charge in [0.2, 0.25) is 0 Å². The standard InChI is InChI=1S/C49H44N2/c1-49-34-33-45(35-48(49)51(47-20-12-11-19-46(47)49)44-31-27-40(28-32-44)37-15-7-3-8-16-37)50(42-17-9-4-10-18-42)43-29-25-41(26-30-43)39-23-21-38(22-24-39)36-13-5-2-6-14-36/h2-15,17-25,27,29,31-33,35,37,40H,16,26,28,30,34H2,1H3. The van der Waals surface area contributed by atoms with Crippen molar-refractivity contribution in [1.29, 1.82) is 0 Å². The Hall–Kier alpha value is -5.60. The number of allylic oxidation sites excluding steroid dienone is 14. The summed E-state index contributed by atoms with van der Waals surface area (Å²) in [5.74, 6) is 1.12. The molecule has 0 aromatic heterocycles. The first-order chi connectivity index (χ1) is 25.2. The van der Waals surface area contributed by atoms with Gasteiger partial charge in [0.05, 0.1) is 0 Å². The van der Waals surface area contributed by atoms with E-state index in [0.717, 1.165) is 32.1 Å². The summed E-state index contributed by atoms with van der Waals surface area (Å²) in [5, 5.41) is 0. The first kappa shape index (κ1) is 31.4. The van der Waals surface area contributed by atoms with E-state index >= 15 is 0 Å². The Bertz CT molecular complexity index is 2190. The number of anilines is 2. The maximum absolute atomic E-state index is 2.56. The Morgan fingerprint density at radius 2 is 1.39 bits per heavy atom. The smallest absolute Gasteiger partial charge is 0.0500 e. The molecule has 3 atom stereocenters. The van der Waals surface area contributed by atoms with E-state index in [9.17, 15) is 0 Å². The largest absolute Gasteiger partial charge is 0.314 e. The zero-order chi connectivity index (χ0) is 34.2. The molecule has 0 bridgehead atoms. The third-order valence-electron chi connectivity index (χ3n) is 11.5. The van der Waals surface area contributed by atoms with Crippen molar-refractivity contribution in [1.82, 2.24) is 0 Å². The third-order valence-corrected chi connectivity index (χ3v) is 11.5. The minimum Gasteiger partial charge on any atom is -0.314 e. The van der Waals surface area contributed by atoms with Crippen LogP contribution >= 0.6 is 0 Å². The summed E-state index contributed by atoms with van der Waals surface area (Å²) in [5.41, 5.74) is 14.3. The van der Waals surface area contributed by atoms with Crippen molar-refractivity contribution in [2.24, 2.45) is 11.8 Å². The molecule has 0 spiro atoms. The van der Waals surface area contributed by atoms with Crippen LogP contribution in [-0.4, -0.2) is 0 Å². The van der Waals surface area contributed by atoms with E-state index in [2.05, 4.69) is 193 Å². The van der Waals surface area contributed by atoms with Crippen LogP contribution in [0.4, 0.5) is 11.4 Å². The Morgan fingerprint density at radius 3 is 2.12 bits per heavy atom. The third kappa shape index (κ3) is 5.79. The molecule has 51 heavy (non-hydrogen) atoms. The number of rotatable bonds is 7. The molecule has 0 saturated carbocycles. The molecule has 4 aliphatic carbocycles. The van der Waals surface area contributed by atoms with E-state index in [1.807, 2.05) is 0 Å². The average Bonchev–Trinajstić information content (AvgIpc) is 3.47. The van der Waals surface area contributed by atoms with E-state index < -0.39 is 0 Å². The lowest BCUT2D eigenvalue weighted by Gasteiger charge is -2.38. The summed E-state index contributed by atoms with van der Waals surface area (Å²) in [6.45, 7) is 2.44. The minimum absolute atomic E-state index is 0.0924. The maximum atomic E-state index is 2.56. The number of para-hydroxylation sites is 2. The summed E-state index contributed by atoms with van der Waals surface area (Å²) >= 11 is 0. The van der Waals surface area contributed by atoms with Gasteiger partial charge in [-0.25, -0.2) is 0 Å². The molecule has 2 nitrogen and oxygen atoms in total. The number of hydrogen-bond donors (Lipinski definition) is 0. The average molecular weight is 661 g/mol. The number of nitrogens with zero attached hydrogens (tertiary/aromatic N) is 2. The van der Waals surface area contributed by atoms with Gasteiger partial charge in [0.25, 0.3) is 0 Å². The van der Waals surface area contributed by atoms with Gasteiger partial charge >= 0.3 is 0 Å². The van der Waals surface area contributed by atoms with Gasteiger partial charge in [-0.15, -0.1) is 0 Å². The zero-order valence-electron chi connectivity index (χ0n) is 29.3. The lowest BCUT2D eigenvalue weighted by Crippen LogP contribution is -2.33. The molecular weight excluding hydrogens is 617 g/mol. The fraction of sp³-hybridized carbons (Fsp3) is 0.184. The minimum atomic E-state index is -0.0924. The first-order valence-electron chi connectivity index (χ1n) is 18.6. The van der Waals surface area contributed by atoms with Crippen molar-refractivity contribution in [3.05, 3.63) is 210 Å². The quantitative estimate of drug-likeness (QED) is 0.195. The summed E-state index contributed by atoms with van der Waals surface area (Å²) < 4.78 is 0. The molecule has 1 heterocycles. The second-order valence-electron chi connectivity index (χ2n) is 14.6. The molecule has 0 N–H and O–H groups in total. The first-order valence-corrected chi connectivity index (χ1v) is 18.6. The Balaban J connectivity index is 1.05. The number of hydrogen-bond acceptors (Lipinski definition) is 2. The van der Waals surface area contributed by atoms with Crippen molar-refractivity contribution in [2.45, 2.75) is 44.4 Å². The highest BCUT2D eigenvalue weighted by Gasteiger charge is 2.46. The van der Waals surface area contributed by atoms with Gasteiger partial charge in [-0.1, -0.05) is 140 Å². The molecule has 0 fully saturated rings. The highest BCUT2D eigenvalue weighted by atomic mass is 15.2. The van der Waals surface area contributed by atoms with Crippen LogP contribution in [0, 0.1) is 11.8 Å². The molecule has 0 saturated heterocycles. The molecule has 4 aromatic carbocycles. The van der Waals surface area contributed by atoms with Crippen LogP contribution in [-0.2, 0) is 5.41 Å². The van der Waals surface area contributed by atoms with Gasteiger partial charge < -0.3 is 9.80 Å². The molecule has 9 rings (SSSR count). The van der Waals surface area contributed by atoms with Crippen molar-refractivity contribution in [3.8, 4) is 11.1 Å². The van der Waals surface area contributed by atoms with Crippen LogP contribution in [0.15, 0.2) is 199 Å². The molecule has 1 aliphatic heterocycles. The van der Waals surface area contributed by atoms with Gasteiger partial charge in [-0.3, -0.25) is 0 Å². The Morgan fingerprint density at radius 1 is 0.667 bits per heavy atom. The Kier molecular flexibility index (Phi) is 8.16. The SMILES string of the molecule is CC12CC=C(N(C3=CC=C(c4ccc(-c5ccccc5)cc4)CC3)c3ccccc3)C=C1N(C1=CCC(C3C=CC=CC3)C=C1)c1ccccc12. The summed E-state index contributed by atoms with van der Waals surface area (Å²) in [7, 11) is 0. The highest BCUT2D eigenvalue weighted by Crippen LogP contribution is 2.54. The molecule has 2 heteroatoms. The molecule has 4 aromatic rings. The topological polar surface area (TPSA) is 6.48 Å². The van der Waals surface area contributed by atoms with E-state index in [1.165, 1.54) is 62.0 Å². The molecular formula is C49H44N2. The molecule has 3 unspecified atom stereocenters. The predicted molar refractivity (Wildman–Crippen MR) is 215 cm³/mol. The summed E-state index contributed by atoms with van der Waals surface area (Å²) in [4.78, 5) is 5.06. The van der Waals surface area contributed by atoms with Crippen molar-refractivity contribution >= 4 is 16.9 Å². The van der Waals surface area contributed by atoms with Gasteiger partial charge in [-0.2, -0.15) is 0 Å². The zero-order valence-corrected chi connectivity index (χ0v) is 29.3. The Labute approximate surface area is 303 Å². The highest BCUT2D eigenvalue weighted by molar-refractivity contribution is 5.79. The van der Waals surface area contributed by atoms with E-state index in [-0.39, 0.29) is 5.41 Å². The van der Waals surface area contributed by atoms with Crippen LogP contribution in [0.1, 0.15) is 50.2 Å². The van der Waals surface area contributed by atoms with Gasteiger partial charge in [0, 0.05) is 39.6 Å². The van der Waals surface area contributed by atoms with Crippen molar-refractivity contribution in [3.63, 3.8) is 0 Å². The monoisotopic (exact) mass is 660 g/mol. The van der Waals surface area contributed by atoms with Crippen LogP contribution in [0.2, 0.25) is 0 Å². The fourth-order valence-electron chi connectivity index (χ4n) is 8.67. The number of benzene rings is 4. The van der Waals surface area contributed by atoms with Gasteiger partial charge in [-0.05, 0) is 115 Å². The lowest BCUT2D eigenvalue weighted by atomic mass is 9.76. The van der Waals surface area contributed by atoms with Gasteiger partial charge in [0.1, 0.15) is 0 Å². The predicted octanol–water partition coefficient (Wildman–Crippen LogP) is 12.5. The van der Waals surface area contributed by atoms with E-state index in [1.54, 1.807) is 0 Å². The van der Waals surface area contributed by atoms with Crippen molar-refractivity contribution in [2.75, 3.05) is 9.80 Å². The lowest BCUT2D eigenvalue weighted by molar-refractivity contribution is 0.475. The molecule has 0 amide bonds. The molecule has 250 valence electrons. The van der Waals surface area contributed by atoms with Crippen molar-refractivity contribution < 1.29 is 0 Å². The second-order valence-corrected chi connectivity index (χ2v) is 14.6. The second kappa shape index (κ2) is 13.3. The van der Waals surface area contributed by atoms with E-state index in [4.69, 9.17) is 0 Å². The van der Waals surface area contributed by atoms with E-state index in [0.29, 0.717) is 11.8 Å². The number of fused-ring (bicyclic) bond motifs is 3. The molecule has 5 aliphatic rings. The van der Waals surface area contributed by atoms with Crippen LogP contribution < -0.4 is 9.80 Å². The molecule has 0 radical (unpaired) electrons. The summed E-state index contributed by atoms with van der Waals surface area (Å²) in [6.07, 6.45) is 31.2.